The Balaban J connectivity index is 1.87. The summed E-state index contributed by atoms with van der Waals surface area (Å²) in [5, 5.41) is 0. The Morgan fingerprint density at radius 1 is 0.500 bits per heavy atom. The lowest BCUT2D eigenvalue weighted by molar-refractivity contribution is -0.138. The predicted octanol–water partition coefficient (Wildman–Crippen LogP) is 9.85. The summed E-state index contributed by atoms with van der Waals surface area (Å²) in [6.07, 6.45) is -19.5. The van der Waals surface area contributed by atoms with E-state index in [1.165, 1.54) is 0 Å². The third-order valence-corrected chi connectivity index (χ3v) is 7.53. The summed E-state index contributed by atoms with van der Waals surface area (Å²) < 4.78 is 195. The lowest BCUT2D eigenvalue weighted by Crippen LogP contribution is -2.32. The Hall–Kier alpha value is -3.98. The molecule has 2 aromatic carbocycles. The number of nitrogens with zero attached hydrogens (tertiary/aromatic N) is 2. The topological polar surface area (TPSA) is 6.48 Å². The average Bonchev–Trinajstić information content (AvgIpc) is 3.40. The van der Waals surface area contributed by atoms with Crippen molar-refractivity contribution in [1.82, 2.24) is 9.80 Å². The van der Waals surface area contributed by atoms with Crippen molar-refractivity contribution in [1.29, 1.82) is 0 Å². The van der Waals surface area contributed by atoms with E-state index in [0.717, 1.165) is 13.8 Å². The number of fused-ring (bicyclic) bond motifs is 2. The first kappa shape index (κ1) is 31.4. The van der Waals surface area contributed by atoms with Crippen molar-refractivity contribution in [3.05, 3.63) is 105 Å². The molecule has 236 valence electrons. The van der Waals surface area contributed by atoms with E-state index in [1.807, 2.05) is 0 Å². The van der Waals surface area contributed by atoms with Gasteiger partial charge in [0.15, 0.2) is 0 Å². The average molecular weight is 646 g/mol. The van der Waals surface area contributed by atoms with E-state index in [0.29, 0.717) is 46.5 Å². The Labute approximate surface area is 238 Å². The molecule has 0 bridgehead atoms. The van der Waals surface area contributed by atoms with Crippen molar-refractivity contribution >= 4 is 11.4 Å². The number of halogens is 14. The maximum absolute atomic E-state index is 15.4. The molecule has 0 aliphatic carbocycles. The van der Waals surface area contributed by atoms with Crippen molar-refractivity contribution in [2.75, 3.05) is 0 Å². The Morgan fingerprint density at radius 2 is 0.818 bits per heavy atom. The molecule has 0 aromatic heterocycles. The molecular weight excluding hydrogens is 630 g/mol. The van der Waals surface area contributed by atoms with Crippen LogP contribution in [-0.4, -0.2) is 22.2 Å². The van der Waals surface area contributed by atoms with E-state index >= 15 is 8.78 Å². The minimum absolute atomic E-state index is 0.0211. The molecule has 0 saturated heterocycles. The minimum Gasteiger partial charge on any atom is -0.316 e. The lowest BCUT2D eigenvalue weighted by atomic mass is 9.90. The van der Waals surface area contributed by atoms with Crippen molar-refractivity contribution in [3.63, 3.8) is 0 Å². The van der Waals surface area contributed by atoms with E-state index in [9.17, 15) is 52.7 Å². The Morgan fingerprint density at radius 3 is 1.07 bits per heavy atom. The second kappa shape index (κ2) is 9.76. The van der Waals surface area contributed by atoms with Crippen molar-refractivity contribution in [3.8, 4) is 0 Å². The van der Waals surface area contributed by atoms with E-state index in [2.05, 4.69) is 0 Å². The number of allylic oxidation sites excluding steroid dienone is 2. The van der Waals surface area contributed by atoms with Crippen LogP contribution in [0.3, 0.4) is 0 Å². The highest BCUT2D eigenvalue weighted by Gasteiger charge is 2.53. The molecule has 2 nitrogen and oxygen atoms in total. The summed E-state index contributed by atoms with van der Waals surface area (Å²) in [7, 11) is 0. The number of hydrogen-bond donors (Lipinski definition) is 0. The zero-order valence-electron chi connectivity index (χ0n) is 22.0. The van der Waals surface area contributed by atoms with Gasteiger partial charge >= 0.3 is 24.7 Å². The molecule has 5 rings (SSSR count). The Kier molecular flexibility index (Phi) is 6.98. The number of alkyl halides is 12. The fourth-order valence-electron chi connectivity index (χ4n) is 5.55. The molecule has 3 aliphatic rings. The monoisotopic (exact) mass is 646 g/mol. The van der Waals surface area contributed by atoms with E-state index in [4.69, 9.17) is 0 Å². The van der Waals surface area contributed by atoms with Gasteiger partial charge in [-0.25, -0.2) is 8.78 Å². The van der Waals surface area contributed by atoms with Gasteiger partial charge in [-0.2, -0.15) is 52.7 Å². The second-order valence-electron chi connectivity index (χ2n) is 10.2. The summed E-state index contributed by atoms with van der Waals surface area (Å²) in [5.74, 6) is -6.89. The maximum atomic E-state index is 15.4. The van der Waals surface area contributed by atoms with Gasteiger partial charge in [0.1, 0.15) is 11.6 Å². The normalized spacial score (nSPS) is 21.2. The summed E-state index contributed by atoms with van der Waals surface area (Å²) in [6, 6.07) is 1.90. The fourth-order valence-corrected chi connectivity index (χ4v) is 5.55. The molecule has 0 spiro atoms. The van der Waals surface area contributed by atoms with Crippen molar-refractivity contribution < 1.29 is 61.5 Å². The van der Waals surface area contributed by atoms with Gasteiger partial charge in [-0.1, -0.05) is 13.8 Å². The molecule has 44 heavy (non-hydrogen) atoms. The van der Waals surface area contributed by atoms with Crippen molar-refractivity contribution in [2.45, 2.75) is 38.6 Å². The highest BCUT2D eigenvalue weighted by atomic mass is 19.4. The summed E-state index contributed by atoms with van der Waals surface area (Å²) in [6.45, 7) is 1.88. The first-order chi connectivity index (χ1) is 20.0. The van der Waals surface area contributed by atoms with Crippen LogP contribution in [0.2, 0.25) is 0 Å². The van der Waals surface area contributed by atoms with Crippen LogP contribution in [0.5, 0.6) is 0 Å². The molecular formula is C28H16F14N2. The van der Waals surface area contributed by atoms with Gasteiger partial charge in [-0.15, -0.1) is 0 Å². The van der Waals surface area contributed by atoms with Crippen LogP contribution in [0.25, 0.3) is 11.4 Å². The van der Waals surface area contributed by atoms with E-state index in [-0.39, 0.29) is 12.1 Å². The van der Waals surface area contributed by atoms with Gasteiger partial charge in [-0.05, 0) is 36.4 Å². The van der Waals surface area contributed by atoms with Gasteiger partial charge in [0.05, 0.1) is 45.1 Å². The van der Waals surface area contributed by atoms with Gasteiger partial charge in [0.2, 0.25) is 0 Å². The molecule has 0 saturated carbocycles. The summed E-state index contributed by atoms with van der Waals surface area (Å²) in [4.78, 5) is 1.22. The van der Waals surface area contributed by atoms with Crippen LogP contribution in [0.4, 0.5) is 61.5 Å². The Bertz CT molecular complexity index is 1540. The van der Waals surface area contributed by atoms with Crippen LogP contribution in [0.15, 0.2) is 71.3 Å². The number of benzene rings is 2. The predicted molar refractivity (Wildman–Crippen MR) is 127 cm³/mol. The molecule has 16 heteroatoms. The van der Waals surface area contributed by atoms with Crippen LogP contribution in [0.1, 0.15) is 36.1 Å². The van der Waals surface area contributed by atoms with Gasteiger partial charge in [0.25, 0.3) is 0 Å². The first-order valence-corrected chi connectivity index (χ1v) is 12.4. The number of rotatable bonds is 2. The quantitative estimate of drug-likeness (QED) is 0.300. The summed E-state index contributed by atoms with van der Waals surface area (Å²) >= 11 is 0. The molecule has 0 radical (unpaired) electrons. The molecule has 2 aromatic rings. The van der Waals surface area contributed by atoms with Crippen LogP contribution < -0.4 is 0 Å². The highest BCUT2D eigenvalue weighted by Crippen LogP contribution is 2.57. The molecule has 0 amide bonds. The lowest BCUT2D eigenvalue weighted by Gasteiger charge is -2.40. The minimum atomic E-state index is -5.11. The molecule has 0 fully saturated rings. The smallest absolute Gasteiger partial charge is 0.316 e. The highest BCUT2D eigenvalue weighted by molar-refractivity contribution is 5.85. The third kappa shape index (κ3) is 5.01. The van der Waals surface area contributed by atoms with Gasteiger partial charge in [-0.3, -0.25) is 0 Å². The molecule has 2 atom stereocenters. The largest absolute Gasteiger partial charge is 0.416 e. The van der Waals surface area contributed by atoms with Crippen LogP contribution in [0, 0.1) is 23.5 Å². The van der Waals surface area contributed by atoms with E-state index in [1.54, 1.807) is 0 Å². The molecule has 0 N–H and O–H groups in total. The number of hydrogen-bond acceptors (Lipinski definition) is 2. The zero-order valence-corrected chi connectivity index (χ0v) is 22.0. The van der Waals surface area contributed by atoms with Gasteiger partial charge < -0.3 is 9.80 Å². The standard InChI is InChI=1S/C28H16F14N2/c1-11-17(27(37,38)39)9-43-21(11)23(15-5-3-13(7-19(15)29)25(31,32)33)44-10-18(28(40,41)42)12(2)22(44)24(43)16-6-4-14(8-20(16)30)26(34,35)36/h3-12H,1-2H3. The first-order valence-electron chi connectivity index (χ1n) is 12.4. The zero-order chi connectivity index (χ0) is 32.9. The molecule has 3 heterocycles. The van der Waals surface area contributed by atoms with Gasteiger partial charge in [0, 0.05) is 35.4 Å². The molecule has 2 unspecified atom stereocenters. The van der Waals surface area contributed by atoms with Crippen LogP contribution >= 0.6 is 0 Å². The molecule has 3 aliphatic heterocycles. The summed E-state index contributed by atoms with van der Waals surface area (Å²) in [5.41, 5.74) is -9.86. The van der Waals surface area contributed by atoms with E-state index < -0.39 is 104 Å². The maximum Gasteiger partial charge on any atom is 0.416 e. The SMILES string of the molecule is CC1C(C(F)(F)F)=CN2C(c3ccc(C(F)(F)F)cc3F)=C3C(C)C(C(F)(F)F)=CN3C(c3ccc(C(F)(F)F)cc3F)=C12. The van der Waals surface area contributed by atoms with Crippen LogP contribution in [-0.2, 0) is 12.4 Å². The third-order valence-electron chi connectivity index (χ3n) is 7.53. The second-order valence-corrected chi connectivity index (χ2v) is 10.2. The van der Waals surface area contributed by atoms with Crippen molar-refractivity contribution in [2.24, 2.45) is 11.8 Å². The fraction of sp³-hybridized carbons (Fsp3) is 0.286.